The summed E-state index contributed by atoms with van der Waals surface area (Å²) in [5, 5.41) is 5.02. The van der Waals surface area contributed by atoms with Crippen molar-refractivity contribution < 1.29 is 0 Å². The van der Waals surface area contributed by atoms with Gasteiger partial charge in [0.05, 0.1) is 0 Å². The number of hydrogen-bond acceptors (Lipinski definition) is 4. The van der Waals surface area contributed by atoms with Gasteiger partial charge in [-0.3, -0.25) is 0 Å². The predicted molar refractivity (Wildman–Crippen MR) is 77.7 cm³/mol. The Bertz CT molecular complexity index is 692. The molecule has 0 saturated heterocycles. The van der Waals surface area contributed by atoms with Crippen molar-refractivity contribution in [3.8, 4) is 0 Å². The summed E-state index contributed by atoms with van der Waals surface area (Å²) >= 11 is 9.18. The van der Waals surface area contributed by atoms with Crippen LogP contribution in [0.4, 0.5) is 0 Å². The molecule has 0 atom stereocenters. The Kier molecular flexibility index (Phi) is 3.24. The van der Waals surface area contributed by atoms with Crippen molar-refractivity contribution in [3.63, 3.8) is 0 Å². The molecule has 1 aromatic carbocycles. The first kappa shape index (κ1) is 12.0. The molecule has 0 bridgehead atoms. The molecule has 0 N–H and O–H groups in total. The fourth-order valence-electron chi connectivity index (χ4n) is 1.68. The lowest BCUT2D eigenvalue weighted by molar-refractivity contribution is 1.10. The van der Waals surface area contributed by atoms with Gasteiger partial charge in [0, 0.05) is 15.3 Å². The van der Waals surface area contributed by atoms with Gasteiger partial charge >= 0.3 is 0 Å². The molecule has 0 aliphatic rings. The Morgan fingerprint density at radius 3 is 2.72 bits per heavy atom. The van der Waals surface area contributed by atoms with Crippen molar-refractivity contribution in [3.05, 3.63) is 46.6 Å². The van der Waals surface area contributed by atoms with E-state index >= 15 is 0 Å². The van der Waals surface area contributed by atoms with E-state index in [4.69, 9.17) is 11.6 Å². The molecule has 2 heterocycles. The fourth-order valence-corrected chi connectivity index (χ4v) is 3.71. The summed E-state index contributed by atoms with van der Waals surface area (Å²) in [6, 6.07) is 7.79. The van der Waals surface area contributed by atoms with Gasteiger partial charge < -0.3 is 0 Å². The van der Waals surface area contributed by atoms with Crippen LogP contribution in [0.5, 0.6) is 0 Å². The summed E-state index contributed by atoms with van der Waals surface area (Å²) in [6.45, 7) is 2.09. The van der Waals surface area contributed by atoms with Gasteiger partial charge in [-0.15, -0.1) is 11.3 Å². The highest BCUT2D eigenvalue weighted by atomic mass is 35.5. The summed E-state index contributed by atoms with van der Waals surface area (Å²) in [6.07, 6.45) is 1.62. The first-order chi connectivity index (χ1) is 8.74. The fraction of sp³-hybridized carbons (Fsp3) is 0.0769. The minimum absolute atomic E-state index is 0.749. The third-order valence-electron chi connectivity index (χ3n) is 2.55. The molecule has 0 aliphatic heterocycles. The number of thiophene rings is 1. The van der Waals surface area contributed by atoms with E-state index in [2.05, 4.69) is 22.3 Å². The Balaban J connectivity index is 2.04. The Morgan fingerprint density at radius 1 is 1.17 bits per heavy atom. The number of rotatable bonds is 2. The Hall–Kier alpha value is -1.10. The largest absolute Gasteiger partial charge is 0.229 e. The van der Waals surface area contributed by atoms with Crippen LogP contribution in [0.1, 0.15) is 5.56 Å². The lowest BCUT2D eigenvalue weighted by Gasteiger charge is -2.03. The van der Waals surface area contributed by atoms with Crippen molar-refractivity contribution in [2.24, 2.45) is 0 Å². The van der Waals surface area contributed by atoms with Crippen molar-refractivity contribution in [2.75, 3.05) is 0 Å². The SMILES string of the molecule is Cc1csc2ncnc(Sc3ccc(Cl)cc3)c12. The zero-order valence-corrected chi connectivity index (χ0v) is 11.9. The van der Waals surface area contributed by atoms with Gasteiger partial charge in [-0.2, -0.15) is 0 Å². The second-order valence-corrected chi connectivity index (χ2v) is 6.19. The van der Waals surface area contributed by atoms with Crippen molar-refractivity contribution in [2.45, 2.75) is 16.8 Å². The molecule has 0 spiro atoms. The molecule has 2 aromatic heterocycles. The molecular weight excluding hydrogens is 284 g/mol. The lowest BCUT2D eigenvalue weighted by Crippen LogP contribution is -1.84. The van der Waals surface area contributed by atoms with Gasteiger partial charge in [0.15, 0.2) is 0 Å². The maximum Gasteiger partial charge on any atom is 0.128 e. The maximum absolute atomic E-state index is 5.88. The normalized spacial score (nSPS) is 11.0. The molecule has 3 rings (SSSR count). The predicted octanol–water partition coefficient (Wildman–Crippen LogP) is 4.80. The Morgan fingerprint density at radius 2 is 1.94 bits per heavy atom. The minimum atomic E-state index is 0.749. The van der Waals surface area contributed by atoms with Gasteiger partial charge in [-0.1, -0.05) is 23.4 Å². The summed E-state index contributed by atoms with van der Waals surface area (Å²) in [7, 11) is 0. The highest BCUT2D eigenvalue weighted by Crippen LogP contribution is 2.35. The quantitative estimate of drug-likeness (QED) is 0.634. The van der Waals surface area contributed by atoms with E-state index in [9.17, 15) is 0 Å². The zero-order chi connectivity index (χ0) is 12.5. The van der Waals surface area contributed by atoms with E-state index in [0.29, 0.717) is 0 Å². The molecule has 18 heavy (non-hydrogen) atoms. The molecule has 3 aromatic rings. The van der Waals surface area contributed by atoms with Crippen LogP contribution in [0.15, 0.2) is 45.9 Å². The molecule has 2 nitrogen and oxygen atoms in total. The second-order valence-electron chi connectivity index (χ2n) is 3.83. The monoisotopic (exact) mass is 292 g/mol. The average Bonchev–Trinajstić information content (AvgIpc) is 2.75. The molecule has 0 radical (unpaired) electrons. The number of hydrogen-bond donors (Lipinski definition) is 0. The highest BCUT2D eigenvalue weighted by molar-refractivity contribution is 7.99. The average molecular weight is 293 g/mol. The van der Waals surface area contributed by atoms with Gasteiger partial charge in [-0.05, 0) is 42.1 Å². The van der Waals surface area contributed by atoms with Gasteiger partial charge in [0.25, 0.3) is 0 Å². The number of aryl methyl sites for hydroxylation is 1. The van der Waals surface area contributed by atoms with Crippen molar-refractivity contribution in [1.82, 2.24) is 9.97 Å². The summed E-state index contributed by atoms with van der Waals surface area (Å²) in [5.74, 6) is 0. The maximum atomic E-state index is 5.88. The number of nitrogens with zero attached hydrogens (tertiary/aromatic N) is 2. The van der Waals surface area contributed by atoms with Gasteiger partial charge in [0.2, 0.25) is 0 Å². The molecule has 0 fully saturated rings. The van der Waals surface area contributed by atoms with Crippen LogP contribution < -0.4 is 0 Å². The Labute approximate surface area is 118 Å². The first-order valence-corrected chi connectivity index (χ1v) is 7.43. The van der Waals surface area contributed by atoms with Crippen LogP contribution >= 0.6 is 34.7 Å². The van der Waals surface area contributed by atoms with E-state index < -0.39 is 0 Å². The summed E-state index contributed by atoms with van der Waals surface area (Å²) in [4.78, 5) is 10.8. The standard InChI is InChI=1S/C13H9ClN2S2/c1-8-6-17-12-11(8)13(16-7-15-12)18-10-4-2-9(14)3-5-10/h2-7H,1H3. The van der Waals surface area contributed by atoms with Crippen LogP contribution in [-0.2, 0) is 0 Å². The second kappa shape index (κ2) is 4.88. The molecule has 0 aliphatic carbocycles. The van der Waals surface area contributed by atoms with Gasteiger partial charge in [-0.25, -0.2) is 9.97 Å². The van der Waals surface area contributed by atoms with Gasteiger partial charge in [0.1, 0.15) is 16.2 Å². The lowest BCUT2D eigenvalue weighted by atomic mass is 10.3. The van der Waals surface area contributed by atoms with Crippen LogP contribution in [0, 0.1) is 6.92 Å². The van der Waals surface area contributed by atoms with Crippen LogP contribution in [0.2, 0.25) is 5.02 Å². The van der Waals surface area contributed by atoms with Crippen LogP contribution in [0.3, 0.4) is 0 Å². The minimum Gasteiger partial charge on any atom is -0.229 e. The third kappa shape index (κ3) is 2.23. The molecule has 0 unspecified atom stereocenters. The topological polar surface area (TPSA) is 25.8 Å². The number of aromatic nitrogens is 2. The highest BCUT2D eigenvalue weighted by Gasteiger charge is 2.09. The number of halogens is 1. The molecule has 5 heteroatoms. The molecular formula is C13H9ClN2S2. The van der Waals surface area contributed by atoms with Crippen molar-refractivity contribution in [1.29, 1.82) is 0 Å². The third-order valence-corrected chi connectivity index (χ3v) is 4.81. The van der Waals surface area contributed by atoms with E-state index in [1.165, 1.54) is 5.56 Å². The molecule has 90 valence electrons. The number of fused-ring (bicyclic) bond motifs is 1. The van der Waals surface area contributed by atoms with E-state index in [1.54, 1.807) is 29.4 Å². The van der Waals surface area contributed by atoms with Crippen molar-refractivity contribution >= 4 is 44.9 Å². The number of benzene rings is 1. The smallest absolute Gasteiger partial charge is 0.128 e. The summed E-state index contributed by atoms with van der Waals surface area (Å²) in [5.41, 5.74) is 1.23. The molecule has 0 amide bonds. The first-order valence-electron chi connectivity index (χ1n) is 5.36. The van der Waals surface area contributed by atoms with Crippen LogP contribution in [-0.4, -0.2) is 9.97 Å². The zero-order valence-electron chi connectivity index (χ0n) is 9.55. The molecule has 0 saturated carbocycles. The summed E-state index contributed by atoms with van der Waals surface area (Å²) < 4.78 is 0. The van der Waals surface area contributed by atoms with E-state index in [1.807, 2.05) is 24.3 Å². The van der Waals surface area contributed by atoms with E-state index in [0.717, 1.165) is 25.2 Å². The van der Waals surface area contributed by atoms with Crippen LogP contribution in [0.25, 0.3) is 10.2 Å². The van der Waals surface area contributed by atoms with E-state index in [-0.39, 0.29) is 0 Å².